The fraction of sp³-hybridized carbons (Fsp3) is 0.375. The van der Waals surface area contributed by atoms with Crippen molar-refractivity contribution in [1.82, 2.24) is 5.32 Å². The van der Waals surface area contributed by atoms with E-state index >= 15 is 0 Å². The minimum absolute atomic E-state index is 0.201. The zero-order valence-electron chi connectivity index (χ0n) is 11.1. The number of thiophene rings is 1. The lowest BCUT2D eigenvalue weighted by molar-refractivity contribution is -0.0224. The Hall–Kier alpha value is -1.16. The van der Waals surface area contributed by atoms with Gasteiger partial charge in [0.2, 0.25) is 0 Å². The second-order valence-electron chi connectivity index (χ2n) is 5.11. The molecule has 0 amide bonds. The minimum atomic E-state index is 0.201. The van der Waals surface area contributed by atoms with E-state index in [9.17, 15) is 0 Å². The van der Waals surface area contributed by atoms with E-state index in [-0.39, 0.29) is 6.10 Å². The van der Waals surface area contributed by atoms with Gasteiger partial charge in [0.25, 0.3) is 0 Å². The van der Waals surface area contributed by atoms with Gasteiger partial charge in [-0.25, -0.2) is 0 Å². The van der Waals surface area contributed by atoms with Gasteiger partial charge in [-0.15, -0.1) is 11.3 Å². The number of morpholine rings is 1. The van der Waals surface area contributed by atoms with Crippen LogP contribution in [-0.4, -0.2) is 18.7 Å². The van der Waals surface area contributed by atoms with Gasteiger partial charge >= 0.3 is 0 Å². The Morgan fingerprint density at radius 2 is 2.05 bits per heavy atom. The average Bonchev–Trinajstić information content (AvgIpc) is 2.94. The van der Waals surface area contributed by atoms with E-state index in [0.717, 1.165) is 13.0 Å². The topological polar surface area (TPSA) is 21.3 Å². The van der Waals surface area contributed by atoms with E-state index in [4.69, 9.17) is 4.74 Å². The van der Waals surface area contributed by atoms with Gasteiger partial charge in [-0.3, -0.25) is 0 Å². The summed E-state index contributed by atoms with van der Waals surface area (Å²) in [6, 6.07) is 15.6. The van der Waals surface area contributed by atoms with Crippen molar-refractivity contribution in [3.05, 3.63) is 58.3 Å². The first kappa shape index (κ1) is 12.9. The minimum Gasteiger partial charge on any atom is -0.369 e. The molecule has 0 aliphatic carbocycles. The van der Waals surface area contributed by atoms with E-state index in [1.165, 1.54) is 10.4 Å². The lowest BCUT2D eigenvalue weighted by atomic mass is 10.0. The molecule has 2 nitrogen and oxygen atoms in total. The summed E-state index contributed by atoms with van der Waals surface area (Å²) >= 11 is 1.77. The van der Waals surface area contributed by atoms with E-state index in [2.05, 4.69) is 60.1 Å². The maximum absolute atomic E-state index is 6.07. The lowest BCUT2D eigenvalue weighted by Gasteiger charge is -2.35. The van der Waals surface area contributed by atoms with Crippen LogP contribution in [0.4, 0.5) is 0 Å². The molecule has 2 aromatic rings. The van der Waals surface area contributed by atoms with Crippen molar-refractivity contribution in [2.75, 3.05) is 6.61 Å². The fourth-order valence-corrected chi connectivity index (χ4v) is 3.55. The summed E-state index contributed by atoms with van der Waals surface area (Å²) in [5.74, 6) is 0. The molecule has 1 aromatic carbocycles. The second kappa shape index (κ2) is 5.87. The van der Waals surface area contributed by atoms with Crippen LogP contribution in [0.2, 0.25) is 0 Å². The average molecular weight is 273 g/mol. The molecule has 1 aliphatic rings. The molecule has 0 saturated carbocycles. The van der Waals surface area contributed by atoms with Gasteiger partial charge in [0.1, 0.15) is 6.10 Å². The van der Waals surface area contributed by atoms with Gasteiger partial charge in [0.15, 0.2) is 0 Å². The van der Waals surface area contributed by atoms with Crippen molar-refractivity contribution in [3.63, 3.8) is 0 Å². The van der Waals surface area contributed by atoms with Crippen LogP contribution in [0.3, 0.4) is 0 Å². The molecule has 100 valence electrons. The molecule has 3 heteroatoms. The number of benzene rings is 1. The molecule has 2 heterocycles. The standard InChI is InChI=1S/C16H19NOS/c1-12-16(15-8-5-9-19-15)18-11-14(17-12)10-13-6-3-2-4-7-13/h2-9,12,14,16-17H,10-11H2,1H3. The van der Waals surface area contributed by atoms with E-state index < -0.39 is 0 Å². The molecular weight excluding hydrogens is 254 g/mol. The van der Waals surface area contributed by atoms with Gasteiger partial charge in [0.05, 0.1) is 6.61 Å². The van der Waals surface area contributed by atoms with E-state index in [1.54, 1.807) is 11.3 Å². The van der Waals surface area contributed by atoms with Gasteiger partial charge in [0, 0.05) is 17.0 Å². The quantitative estimate of drug-likeness (QED) is 0.925. The number of ether oxygens (including phenoxy) is 1. The summed E-state index contributed by atoms with van der Waals surface area (Å²) in [5, 5.41) is 5.80. The number of rotatable bonds is 3. The number of nitrogens with one attached hydrogen (secondary N) is 1. The highest BCUT2D eigenvalue weighted by Gasteiger charge is 2.29. The first-order valence-corrected chi connectivity index (χ1v) is 7.66. The van der Waals surface area contributed by atoms with Crippen LogP contribution in [0, 0.1) is 0 Å². The molecule has 3 unspecified atom stereocenters. The molecule has 1 aliphatic heterocycles. The Labute approximate surface area is 118 Å². The Morgan fingerprint density at radius 1 is 1.21 bits per heavy atom. The summed E-state index contributed by atoms with van der Waals surface area (Å²) in [6.07, 6.45) is 1.23. The molecule has 0 bridgehead atoms. The zero-order chi connectivity index (χ0) is 13.1. The van der Waals surface area contributed by atoms with Crippen molar-refractivity contribution in [1.29, 1.82) is 0 Å². The molecule has 3 rings (SSSR count). The van der Waals surface area contributed by atoms with Crippen LogP contribution in [0.15, 0.2) is 47.8 Å². The molecule has 3 atom stereocenters. The second-order valence-corrected chi connectivity index (χ2v) is 6.09. The Bertz CT molecular complexity index is 497. The van der Waals surface area contributed by atoms with Crippen LogP contribution in [-0.2, 0) is 11.2 Å². The van der Waals surface area contributed by atoms with Crippen molar-refractivity contribution >= 4 is 11.3 Å². The van der Waals surface area contributed by atoms with Crippen LogP contribution in [0.5, 0.6) is 0 Å². The highest BCUT2D eigenvalue weighted by Crippen LogP contribution is 2.29. The molecular formula is C16H19NOS. The third-order valence-electron chi connectivity index (χ3n) is 3.58. The Morgan fingerprint density at radius 3 is 2.74 bits per heavy atom. The molecule has 1 fully saturated rings. The predicted octanol–water partition coefficient (Wildman–Crippen LogP) is 3.41. The summed E-state index contributed by atoms with van der Waals surface area (Å²) in [6.45, 7) is 2.99. The lowest BCUT2D eigenvalue weighted by Crippen LogP contribution is -2.49. The highest BCUT2D eigenvalue weighted by atomic mass is 32.1. The highest BCUT2D eigenvalue weighted by molar-refractivity contribution is 7.10. The molecule has 1 N–H and O–H groups in total. The normalized spacial score (nSPS) is 27.3. The first-order valence-electron chi connectivity index (χ1n) is 6.78. The van der Waals surface area contributed by atoms with Crippen molar-refractivity contribution < 1.29 is 4.74 Å². The SMILES string of the molecule is CC1NC(Cc2ccccc2)COC1c1cccs1. The van der Waals surface area contributed by atoms with Gasteiger partial charge in [-0.05, 0) is 30.4 Å². The van der Waals surface area contributed by atoms with Crippen molar-refractivity contribution in [2.45, 2.75) is 31.5 Å². The molecule has 1 saturated heterocycles. The fourth-order valence-electron chi connectivity index (χ4n) is 2.67. The van der Waals surface area contributed by atoms with Gasteiger partial charge in [-0.2, -0.15) is 0 Å². The third kappa shape index (κ3) is 3.06. The number of hydrogen-bond donors (Lipinski definition) is 1. The smallest absolute Gasteiger partial charge is 0.107 e. The van der Waals surface area contributed by atoms with E-state index in [1.807, 2.05) is 0 Å². The number of hydrogen-bond acceptors (Lipinski definition) is 3. The third-order valence-corrected chi connectivity index (χ3v) is 4.51. The van der Waals surface area contributed by atoms with Crippen molar-refractivity contribution in [2.24, 2.45) is 0 Å². The summed E-state index contributed by atoms with van der Waals surface area (Å²) in [4.78, 5) is 1.32. The summed E-state index contributed by atoms with van der Waals surface area (Å²) < 4.78 is 6.07. The monoisotopic (exact) mass is 273 g/mol. The van der Waals surface area contributed by atoms with Crippen molar-refractivity contribution in [3.8, 4) is 0 Å². The van der Waals surface area contributed by atoms with Gasteiger partial charge < -0.3 is 10.1 Å². The Balaban J connectivity index is 1.61. The predicted molar refractivity (Wildman–Crippen MR) is 79.5 cm³/mol. The van der Waals surface area contributed by atoms with Gasteiger partial charge in [-0.1, -0.05) is 36.4 Å². The molecule has 0 radical (unpaired) electrons. The maximum Gasteiger partial charge on any atom is 0.107 e. The molecule has 19 heavy (non-hydrogen) atoms. The van der Waals surface area contributed by atoms with E-state index in [0.29, 0.717) is 12.1 Å². The van der Waals surface area contributed by atoms with Crippen LogP contribution in [0.25, 0.3) is 0 Å². The zero-order valence-corrected chi connectivity index (χ0v) is 11.9. The molecule has 1 aromatic heterocycles. The van der Waals surface area contributed by atoms with Crippen LogP contribution >= 0.6 is 11.3 Å². The van der Waals surface area contributed by atoms with Crippen LogP contribution in [0.1, 0.15) is 23.5 Å². The summed E-state index contributed by atoms with van der Waals surface area (Å²) in [5.41, 5.74) is 1.37. The summed E-state index contributed by atoms with van der Waals surface area (Å²) in [7, 11) is 0. The van der Waals surface area contributed by atoms with Crippen LogP contribution < -0.4 is 5.32 Å². The maximum atomic E-state index is 6.07. The molecule has 0 spiro atoms. The first-order chi connectivity index (χ1) is 9.33. The Kier molecular flexibility index (Phi) is 3.97. The largest absolute Gasteiger partial charge is 0.369 e.